The molecule has 0 aliphatic rings. The summed E-state index contributed by atoms with van der Waals surface area (Å²) in [5.41, 5.74) is 7.03. The lowest BCUT2D eigenvalue weighted by Gasteiger charge is -2.22. The number of nitrogens with two attached hydrogens (primary N) is 1. The molecule has 1 amide bonds. The van der Waals surface area contributed by atoms with Gasteiger partial charge < -0.3 is 16.0 Å². The molecule has 0 aromatic heterocycles. The molecule has 5 nitrogen and oxygen atoms in total. The molecular formula is C16H24N4O. The van der Waals surface area contributed by atoms with E-state index in [1.807, 2.05) is 0 Å². The molecule has 0 spiro atoms. The third-order valence-electron chi connectivity index (χ3n) is 3.01. The summed E-state index contributed by atoms with van der Waals surface area (Å²) in [6, 6.07) is 9.24. The minimum Gasteiger partial charge on any atom is -0.399 e. The highest BCUT2D eigenvalue weighted by Crippen LogP contribution is 2.11. The number of nitrogen functional groups attached to an aromatic ring is 1. The molecule has 0 atom stereocenters. The highest BCUT2D eigenvalue weighted by Gasteiger charge is 2.10. The number of anilines is 2. The van der Waals surface area contributed by atoms with E-state index >= 15 is 0 Å². The summed E-state index contributed by atoms with van der Waals surface area (Å²) in [4.78, 5) is 14.1. The van der Waals surface area contributed by atoms with E-state index in [9.17, 15) is 4.79 Å². The van der Waals surface area contributed by atoms with Crippen LogP contribution in [0.3, 0.4) is 0 Å². The van der Waals surface area contributed by atoms with Crippen LogP contribution in [0.25, 0.3) is 0 Å². The van der Waals surface area contributed by atoms with Gasteiger partial charge in [0.05, 0.1) is 6.07 Å². The Bertz CT molecular complexity index is 476. The van der Waals surface area contributed by atoms with E-state index in [1.54, 1.807) is 24.3 Å². The van der Waals surface area contributed by atoms with Crippen molar-refractivity contribution in [2.24, 2.45) is 5.92 Å². The number of nitrogens with zero attached hydrogens (tertiary/aromatic N) is 2. The number of nitriles is 1. The predicted molar refractivity (Wildman–Crippen MR) is 85.6 cm³/mol. The maximum atomic E-state index is 11.9. The highest BCUT2D eigenvalue weighted by molar-refractivity contribution is 5.90. The first-order valence-corrected chi connectivity index (χ1v) is 7.26. The summed E-state index contributed by atoms with van der Waals surface area (Å²) in [7, 11) is 0. The van der Waals surface area contributed by atoms with Crippen LogP contribution >= 0.6 is 0 Å². The Morgan fingerprint density at radius 3 is 2.57 bits per heavy atom. The fourth-order valence-corrected chi connectivity index (χ4v) is 2.07. The summed E-state index contributed by atoms with van der Waals surface area (Å²) < 4.78 is 0. The van der Waals surface area contributed by atoms with Gasteiger partial charge in [-0.3, -0.25) is 4.79 Å². The Kier molecular flexibility index (Phi) is 7.27. The topological polar surface area (TPSA) is 82.2 Å². The first-order chi connectivity index (χ1) is 10.0. The Morgan fingerprint density at radius 1 is 1.33 bits per heavy atom. The molecule has 0 aliphatic heterocycles. The molecule has 1 aromatic rings. The summed E-state index contributed by atoms with van der Waals surface area (Å²) >= 11 is 0. The van der Waals surface area contributed by atoms with E-state index in [0.717, 1.165) is 12.2 Å². The zero-order valence-corrected chi connectivity index (χ0v) is 12.8. The summed E-state index contributed by atoms with van der Waals surface area (Å²) in [5, 5.41) is 11.5. The third-order valence-corrected chi connectivity index (χ3v) is 3.01. The standard InChI is InChI=1S/C16H24N4O/c1-13(2)12-20(10-3-9-17)11-8-16(21)19-15-6-4-14(18)5-7-15/h4-7,13H,3,8,10-12,18H2,1-2H3,(H,19,21). The van der Waals surface area contributed by atoms with Gasteiger partial charge in [0.2, 0.25) is 5.91 Å². The zero-order valence-electron chi connectivity index (χ0n) is 12.8. The van der Waals surface area contributed by atoms with Gasteiger partial charge in [0, 0.05) is 43.9 Å². The summed E-state index contributed by atoms with van der Waals surface area (Å²) in [6.07, 6.45) is 0.912. The zero-order chi connectivity index (χ0) is 15.7. The van der Waals surface area contributed by atoms with E-state index in [-0.39, 0.29) is 5.91 Å². The van der Waals surface area contributed by atoms with Gasteiger partial charge in [-0.25, -0.2) is 0 Å². The fourth-order valence-electron chi connectivity index (χ4n) is 2.07. The molecule has 0 fully saturated rings. The molecule has 0 aliphatic carbocycles. The molecule has 0 saturated heterocycles. The fraction of sp³-hybridized carbons (Fsp3) is 0.500. The van der Waals surface area contributed by atoms with Gasteiger partial charge in [-0.2, -0.15) is 5.26 Å². The first-order valence-electron chi connectivity index (χ1n) is 7.26. The Morgan fingerprint density at radius 2 is 2.00 bits per heavy atom. The van der Waals surface area contributed by atoms with Crippen molar-refractivity contribution in [3.63, 3.8) is 0 Å². The van der Waals surface area contributed by atoms with Crippen molar-refractivity contribution in [3.8, 4) is 6.07 Å². The van der Waals surface area contributed by atoms with Crippen molar-refractivity contribution in [3.05, 3.63) is 24.3 Å². The van der Waals surface area contributed by atoms with Gasteiger partial charge in [-0.15, -0.1) is 0 Å². The molecule has 114 valence electrons. The molecule has 5 heteroatoms. The Balaban J connectivity index is 2.41. The van der Waals surface area contributed by atoms with E-state index in [2.05, 4.69) is 30.1 Å². The number of hydrogen-bond acceptors (Lipinski definition) is 4. The Labute approximate surface area is 126 Å². The SMILES string of the molecule is CC(C)CN(CCC#N)CCC(=O)Nc1ccc(N)cc1. The van der Waals surface area contributed by atoms with Crippen molar-refractivity contribution in [1.82, 2.24) is 4.90 Å². The number of benzene rings is 1. The molecule has 0 saturated carbocycles. The molecule has 1 aromatic carbocycles. The van der Waals surface area contributed by atoms with Crippen LogP contribution in [0.15, 0.2) is 24.3 Å². The van der Waals surface area contributed by atoms with E-state index < -0.39 is 0 Å². The van der Waals surface area contributed by atoms with Crippen LogP contribution in [0, 0.1) is 17.2 Å². The maximum Gasteiger partial charge on any atom is 0.225 e. The van der Waals surface area contributed by atoms with Gasteiger partial charge in [0.1, 0.15) is 0 Å². The monoisotopic (exact) mass is 288 g/mol. The quantitative estimate of drug-likeness (QED) is 0.720. The number of hydrogen-bond donors (Lipinski definition) is 2. The van der Waals surface area contributed by atoms with Crippen LogP contribution in [0.1, 0.15) is 26.7 Å². The molecule has 0 unspecified atom stereocenters. The summed E-state index contributed by atoms with van der Waals surface area (Å²) in [5.74, 6) is 0.495. The van der Waals surface area contributed by atoms with Crippen molar-refractivity contribution < 1.29 is 4.79 Å². The first kappa shape index (κ1) is 17.0. The lowest BCUT2D eigenvalue weighted by molar-refractivity contribution is -0.116. The predicted octanol–water partition coefficient (Wildman–Crippen LogP) is 2.47. The van der Waals surface area contributed by atoms with Crippen molar-refractivity contribution in [2.75, 3.05) is 30.7 Å². The molecular weight excluding hydrogens is 264 g/mol. The molecule has 3 N–H and O–H groups in total. The van der Waals surface area contributed by atoms with Gasteiger partial charge in [-0.05, 0) is 30.2 Å². The third kappa shape index (κ3) is 7.33. The highest BCUT2D eigenvalue weighted by atomic mass is 16.1. The molecule has 0 heterocycles. The van der Waals surface area contributed by atoms with Crippen LogP contribution < -0.4 is 11.1 Å². The number of carbonyl (C=O) groups excluding carboxylic acids is 1. The van der Waals surface area contributed by atoms with Crippen molar-refractivity contribution in [1.29, 1.82) is 5.26 Å². The van der Waals surface area contributed by atoms with Gasteiger partial charge in [0.25, 0.3) is 0 Å². The lowest BCUT2D eigenvalue weighted by atomic mass is 10.2. The Hall–Kier alpha value is -2.06. The minimum atomic E-state index is -0.0227. The number of rotatable bonds is 8. The van der Waals surface area contributed by atoms with E-state index in [4.69, 9.17) is 11.0 Å². The largest absolute Gasteiger partial charge is 0.399 e. The second kappa shape index (κ2) is 8.98. The number of nitrogens with one attached hydrogen (secondary N) is 1. The van der Waals surface area contributed by atoms with Crippen LogP contribution in [0.2, 0.25) is 0 Å². The molecule has 0 bridgehead atoms. The van der Waals surface area contributed by atoms with Gasteiger partial charge in [0.15, 0.2) is 0 Å². The lowest BCUT2D eigenvalue weighted by Crippen LogP contribution is -2.32. The smallest absolute Gasteiger partial charge is 0.225 e. The van der Waals surface area contributed by atoms with Crippen LogP contribution in [0.5, 0.6) is 0 Å². The van der Waals surface area contributed by atoms with Crippen LogP contribution in [-0.2, 0) is 4.79 Å². The van der Waals surface area contributed by atoms with Crippen molar-refractivity contribution >= 4 is 17.3 Å². The van der Waals surface area contributed by atoms with E-state index in [1.165, 1.54) is 0 Å². The molecule has 1 rings (SSSR count). The van der Waals surface area contributed by atoms with Gasteiger partial charge >= 0.3 is 0 Å². The minimum absolute atomic E-state index is 0.0227. The summed E-state index contributed by atoms with van der Waals surface area (Å²) in [6.45, 7) is 6.54. The number of amides is 1. The number of carbonyl (C=O) groups is 1. The molecule has 21 heavy (non-hydrogen) atoms. The second-order valence-electron chi connectivity index (χ2n) is 5.52. The average molecular weight is 288 g/mol. The second-order valence-corrected chi connectivity index (χ2v) is 5.52. The van der Waals surface area contributed by atoms with Crippen molar-refractivity contribution in [2.45, 2.75) is 26.7 Å². The van der Waals surface area contributed by atoms with Crippen LogP contribution in [-0.4, -0.2) is 30.4 Å². The maximum absolute atomic E-state index is 11.9. The normalized spacial score (nSPS) is 10.6. The van der Waals surface area contributed by atoms with Crippen LogP contribution in [0.4, 0.5) is 11.4 Å². The molecule has 0 radical (unpaired) electrons. The van der Waals surface area contributed by atoms with E-state index in [0.29, 0.717) is 37.5 Å². The van der Waals surface area contributed by atoms with Gasteiger partial charge in [-0.1, -0.05) is 13.8 Å². The average Bonchev–Trinajstić information content (AvgIpc) is 2.44.